The molecule has 122 valence electrons. The van der Waals surface area contributed by atoms with Crippen molar-refractivity contribution in [1.29, 1.82) is 0 Å². The summed E-state index contributed by atoms with van der Waals surface area (Å²) >= 11 is 1.63. The standard InChI is InChI=1S/C17H18N6S/c1-11(2)16-20-15(9-13-10-22-6-7-24-17(22)19-13)23(21-16)14-4-5-18-12(3)8-14/h4-8,10-11H,9H2,1-3H3. The van der Waals surface area contributed by atoms with Crippen LogP contribution in [-0.4, -0.2) is 29.1 Å². The molecule has 0 aliphatic rings. The van der Waals surface area contributed by atoms with Crippen LogP contribution in [0.25, 0.3) is 10.6 Å². The minimum atomic E-state index is 0.276. The second-order valence-corrected chi connectivity index (χ2v) is 6.98. The van der Waals surface area contributed by atoms with E-state index < -0.39 is 0 Å². The third kappa shape index (κ3) is 2.71. The fourth-order valence-corrected chi connectivity index (χ4v) is 3.33. The van der Waals surface area contributed by atoms with Gasteiger partial charge in [-0.3, -0.25) is 9.38 Å². The van der Waals surface area contributed by atoms with Crippen LogP contribution in [0.3, 0.4) is 0 Å². The Kier molecular flexibility index (Phi) is 3.65. The second-order valence-electron chi connectivity index (χ2n) is 6.11. The van der Waals surface area contributed by atoms with Crippen LogP contribution >= 0.6 is 11.3 Å². The van der Waals surface area contributed by atoms with Crippen LogP contribution in [0.1, 0.15) is 42.8 Å². The first-order valence-electron chi connectivity index (χ1n) is 7.90. The fourth-order valence-electron chi connectivity index (χ4n) is 2.61. The molecule has 0 saturated carbocycles. The molecule has 4 aromatic heterocycles. The van der Waals surface area contributed by atoms with Gasteiger partial charge in [0.1, 0.15) is 5.82 Å². The first-order chi connectivity index (χ1) is 11.6. The Hall–Kier alpha value is -2.54. The molecule has 0 aliphatic heterocycles. The van der Waals surface area contributed by atoms with Gasteiger partial charge in [-0.25, -0.2) is 14.6 Å². The van der Waals surface area contributed by atoms with Crippen molar-refractivity contribution in [2.24, 2.45) is 0 Å². The molecule has 0 atom stereocenters. The molecule has 4 rings (SSSR count). The normalized spacial score (nSPS) is 11.7. The molecule has 6 nitrogen and oxygen atoms in total. The Labute approximate surface area is 143 Å². The minimum Gasteiger partial charge on any atom is -0.297 e. The van der Waals surface area contributed by atoms with E-state index in [2.05, 4.69) is 30.0 Å². The van der Waals surface area contributed by atoms with Gasteiger partial charge in [-0.05, 0) is 19.1 Å². The first kappa shape index (κ1) is 15.0. The lowest BCUT2D eigenvalue weighted by atomic mass is 10.2. The molecule has 24 heavy (non-hydrogen) atoms. The van der Waals surface area contributed by atoms with E-state index in [0.717, 1.165) is 33.7 Å². The molecule has 0 saturated heterocycles. The quantitative estimate of drug-likeness (QED) is 0.572. The zero-order valence-electron chi connectivity index (χ0n) is 13.8. The van der Waals surface area contributed by atoms with Crippen molar-refractivity contribution in [2.75, 3.05) is 0 Å². The second kappa shape index (κ2) is 5.83. The zero-order valence-corrected chi connectivity index (χ0v) is 14.7. The van der Waals surface area contributed by atoms with E-state index in [1.165, 1.54) is 0 Å². The average molecular weight is 338 g/mol. The van der Waals surface area contributed by atoms with Gasteiger partial charge < -0.3 is 0 Å². The first-order valence-corrected chi connectivity index (χ1v) is 8.78. The van der Waals surface area contributed by atoms with Gasteiger partial charge in [-0.2, -0.15) is 5.10 Å². The SMILES string of the molecule is Cc1cc(-n2nc(C(C)C)nc2Cc2cn3ccsc3n2)ccn1. The number of hydrogen-bond donors (Lipinski definition) is 0. The van der Waals surface area contributed by atoms with E-state index in [1.54, 1.807) is 17.5 Å². The monoisotopic (exact) mass is 338 g/mol. The summed E-state index contributed by atoms with van der Waals surface area (Å²) in [5, 5.41) is 6.74. The highest BCUT2D eigenvalue weighted by atomic mass is 32.1. The molecule has 0 unspecified atom stereocenters. The molecule has 0 N–H and O–H groups in total. The van der Waals surface area contributed by atoms with E-state index in [-0.39, 0.29) is 5.92 Å². The molecule has 0 bridgehead atoms. The Bertz CT molecular complexity index is 965. The third-order valence-electron chi connectivity index (χ3n) is 3.81. The molecule has 0 spiro atoms. The van der Waals surface area contributed by atoms with Crippen LogP contribution in [0, 0.1) is 6.92 Å². The summed E-state index contributed by atoms with van der Waals surface area (Å²) in [5.74, 6) is 2.02. The molecule has 0 radical (unpaired) electrons. The lowest BCUT2D eigenvalue weighted by Gasteiger charge is -2.05. The lowest BCUT2D eigenvalue weighted by molar-refractivity contribution is 0.747. The summed E-state index contributed by atoms with van der Waals surface area (Å²) in [5.41, 5.74) is 2.94. The summed E-state index contributed by atoms with van der Waals surface area (Å²) in [7, 11) is 0. The Morgan fingerprint density at radius 1 is 1.25 bits per heavy atom. The van der Waals surface area contributed by atoms with Crippen molar-refractivity contribution in [3.8, 4) is 5.69 Å². The Balaban J connectivity index is 1.76. The maximum Gasteiger partial charge on any atom is 0.193 e. The van der Waals surface area contributed by atoms with Gasteiger partial charge in [0.2, 0.25) is 0 Å². The molecule has 0 aliphatic carbocycles. The lowest BCUT2D eigenvalue weighted by Crippen LogP contribution is -2.05. The van der Waals surface area contributed by atoms with Crippen LogP contribution in [0.15, 0.2) is 36.1 Å². The topological polar surface area (TPSA) is 60.9 Å². The number of aromatic nitrogens is 6. The van der Waals surface area contributed by atoms with E-state index in [0.29, 0.717) is 6.42 Å². The summed E-state index contributed by atoms with van der Waals surface area (Å²) in [6.07, 6.45) is 6.53. The smallest absolute Gasteiger partial charge is 0.193 e. The highest BCUT2D eigenvalue weighted by Crippen LogP contribution is 2.19. The Morgan fingerprint density at radius 2 is 2.12 bits per heavy atom. The van der Waals surface area contributed by atoms with Crippen molar-refractivity contribution in [3.63, 3.8) is 0 Å². The third-order valence-corrected chi connectivity index (χ3v) is 4.58. The van der Waals surface area contributed by atoms with Crippen molar-refractivity contribution in [3.05, 3.63) is 59.1 Å². The van der Waals surface area contributed by atoms with Gasteiger partial charge in [-0.15, -0.1) is 11.3 Å². The summed E-state index contributed by atoms with van der Waals surface area (Å²) in [6, 6.07) is 3.98. The number of imidazole rings is 1. The molecule has 4 aromatic rings. The summed E-state index contributed by atoms with van der Waals surface area (Å²) in [4.78, 5) is 14.7. The van der Waals surface area contributed by atoms with Crippen molar-refractivity contribution >= 4 is 16.3 Å². The van der Waals surface area contributed by atoms with Gasteiger partial charge in [0, 0.05) is 35.6 Å². The van der Waals surface area contributed by atoms with Gasteiger partial charge in [-0.1, -0.05) is 13.8 Å². The molecular weight excluding hydrogens is 320 g/mol. The number of fused-ring (bicyclic) bond motifs is 1. The predicted molar refractivity (Wildman–Crippen MR) is 93.9 cm³/mol. The number of thiazole rings is 1. The maximum absolute atomic E-state index is 4.75. The number of pyridine rings is 1. The van der Waals surface area contributed by atoms with Crippen molar-refractivity contribution < 1.29 is 0 Å². The number of aryl methyl sites for hydroxylation is 1. The molecular formula is C17H18N6S. The van der Waals surface area contributed by atoms with E-state index in [4.69, 9.17) is 10.1 Å². The fraction of sp³-hybridized carbons (Fsp3) is 0.294. The number of nitrogens with zero attached hydrogens (tertiary/aromatic N) is 6. The minimum absolute atomic E-state index is 0.276. The van der Waals surface area contributed by atoms with E-state index in [1.807, 2.05) is 39.7 Å². The summed E-state index contributed by atoms with van der Waals surface area (Å²) in [6.45, 7) is 6.19. The zero-order chi connectivity index (χ0) is 16.7. The number of rotatable bonds is 4. The van der Waals surface area contributed by atoms with E-state index >= 15 is 0 Å². The van der Waals surface area contributed by atoms with Gasteiger partial charge in [0.05, 0.1) is 17.8 Å². The highest BCUT2D eigenvalue weighted by molar-refractivity contribution is 7.15. The Morgan fingerprint density at radius 3 is 2.88 bits per heavy atom. The van der Waals surface area contributed by atoms with Gasteiger partial charge in [0.15, 0.2) is 10.8 Å². The van der Waals surface area contributed by atoms with Gasteiger partial charge in [0.25, 0.3) is 0 Å². The van der Waals surface area contributed by atoms with E-state index in [9.17, 15) is 0 Å². The van der Waals surface area contributed by atoms with Crippen LogP contribution < -0.4 is 0 Å². The largest absolute Gasteiger partial charge is 0.297 e. The predicted octanol–water partition coefficient (Wildman–Crippen LogP) is 3.39. The van der Waals surface area contributed by atoms with Crippen LogP contribution in [0.4, 0.5) is 0 Å². The molecule has 0 amide bonds. The maximum atomic E-state index is 4.75. The molecule has 4 heterocycles. The molecule has 0 aromatic carbocycles. The number of hydrogen-bond acceptors (Lipinski definition) is 5. The van der Waals surface area contributed by atoms with Crippen molar-refractivity contribution in [2.45, 2.75) is 33.1 Å². The molecule has 7 heteroatoms. The van der Waals surface area contributed by atoms with Crippen LogP contribution in [-0.2, 0) is 6.42 Å². The highest BCUT2D eigenvalue weighted by Gasteiger charge is 2.16. The summed E-state index contributed by atoms with van der Waals surface area (Å²) < 4.78 is 3.96. The van der Waals surface area contributed by atoms with Crippen LogP contribution in [0.2, 0.25) is 0 Å². The molecule has 0 fully saturated rings. The van der Waals surface area contributed by atoms with Crippen molar-refractivity contribution in [1.82, 2.24) is 29.1 Å². The van der Waals surface area contributed by atoms with Gasteiger partial charge >= 0.3 is 0 Å². The van der Waals surface area contributed by atoms with Crippen LogP contribution in [0.5, 0.6) is 0 Å². The average Bonchev–Trinajstić information content (AvgIpc) is 3.21.